The molecule has 0 spiro atoms. The number of carboxylic acids is 1. The van der Waals surface area contributed by atoms with Crippen molar-refractivity contribution < 1.29 is 19.4 Å². The Morgan fingerprint density at radius 1 is 1.75 bits per heavy atom. The fourth-order valence-electron chi connectivity index (χ4n) is 0.840. The van der Waals surface area contributed by atoms with E-state index in [1.54, 1.807) is 13.8 Å². The Morgan fingerprint density at radius 2 is 2.33 bits per heavy atom. The smallest absolute Gasteiger partial charge is 0.328 e. The van der Waals surface area contributed by atoms with Crippen LogP contribution in [0.25, 0.3) is 0 Å². The maximum atomic E-state index is 10.5. The van der Waals surface area contributed by atoms with Gasteiger partial charge in [-0.3, -0.25) is 4.79 Å². The molecule has 0 heterocycles. The van der Waals surface area contributed by atoms with Gasteiger partial charge in [-0.15, -0.1) is 0 Å². The van der Waals surface area contributed by atoms with Crippen LogP contribution in [0.3, 0.4) is 0 Å². The van der Waals surface area contributed by atoms with Gasteiger partial charge in [0.2, 0.25) is 6.41 Å². The number of carbonyl (C=O) groups excluding carboxylic acids is 1. The van der Waals surface area contributed by atoms with Crippen molar-refractivity contribution >= 4 is 12.4 Å². The van der Waals surface area contributed by atoms with Gasteiger partial charge in [0, 0.05) is 6.61 Å². The summed E-state index contributed by atoms with van der Waals surface area (Å²) in [6, 6.07) is -0.970. The summed E-state index contributed by atoms with van der Waals surface area (Å²) in [5.74, 6) is -1.09. The number of ether oxygens (including phenoxy) is 1. The molecule has 0 saturated heterocycles. The predicted octanol–water partition coefficient (Wildman–Crippen LogP) is -0.389. The quantitative estimate of drug-likeness (QED) is 0.539. The van der Waals surface area contributed by atoms with E-state index in [4.69, 9.17) is 9.84 Å². The summed E-state index contributed by atoms with van der Waals surface area (Å²) in [4.78, 5) is 20.5. The van der Waals surface area contributed by atoms with Crippen LogP contribution in [-0.4, -0.2) is 36.2 Å². The molecule has 0 aromatic rings. The highest BCUT2D eigenvalue weighted by atomic mass is 16.5. The molecule has 2 N–H and O–H groups in total. The maximum absolute atomic E-state index is 10.5. The lowest BCUT2D eigenvalue weighted by Gasteiger charge is -2.18. The lowest BCUT2D eigenvalue weighted by molar-refractivity contribution is -0.144. The van der Waals surface area contributed by atoms with E-state index in [1.165, 1.54) is 0 Å². The molecule has 0 radical (unpaired) electrons. The van der Waals surface area contributed by atoms with Crippen molar-refractivity contribution in [1.82, 2.24) is 5.32 Å². The van der Waals surface area contributed by atoms with Crippen molar-refractivity contribution in [1.29, 1.82) is 0 Å². The average Bonchev–Trinajstić information content (AvgIpc) is 1.99. The molecule has 0 bridgehead atoms. The highest BCUT2D eigenvalue weighted by molar-refractivity contribution is 5.76. The molecule has 0 aromatic carbocycles. The molecule has 2 unspecified atom stereocenters. The largest absolute Gasteiger partial charge is 0.480 e. The third-order valence-corrected chi connectivity index (χ3v) is 1.41. The summed E-state index contributed by atoms with van der Waals surface area (Å²) < 4.78 is 5.02. The monoisotopic (exact) mass is 175 g/mol. The highest BCUT2D eigenvalue weighted by Gasteiger charge is 2.23. The minimum atomic E-state index is -1.09. The van der Waals surface area contributed by atoms with Crippen molar-refractivity contribution in [2.24, 2.45) is 0 Å². The molecule has 12 heavy (non-hydrogen) atoms. The molecule has 1 amide bonds. The van der Waals surface area contributed by atoms with Crippen molar-refractivity contribution in [3.8, 4) is 0 Å². The Morgan fingerprint density at radius 3 is 2.67 bits per heavy atom. The minimum Gasteiger partial charge on any atom is -0.480 e. The van der Waals surface area contributed by atoms with Gasteiger partial charge in [-0.05, 0) is 13.8 Å². The Hall–Kier alpha value is -1.10. The van der Waals surface area contributed by atoms with Crippen LogP contribution < -0.4 is 5.32 Å². The number of hydrogen-bond acceptors (Lipinski definition) is 3. The zero-order valence-electron chi connectivity index (χ0n) is 7.11. The number of aliphatic carboxylic acids is 1. The Kier molecular flexibility index (Phi) is 5.03. The highest BCUT2D eigenvalue weighted by Crippen LogP contribution is 1.98. The van der Waals surface area contributed by atoms with Crippen molar-refractivity contribution in [3.63, 3.8) is 0 Å². The summed E-state index contributed by atoms with van der Waals surface area (Å²) in [5, 5.41) is 10.8. The number of amides is 1. The fraction of sp³-hybridized carbons (Fsp3) is 0.714. The number of nitrogens with one attached hydrogen (secondary N) is 1. The van der Waals surface area contributed by atoms with Crippen LogP contribution in [-0.2, 0) is 14.3 Å². The molecule has 0 aliphatic carbocycles. The van der Waals surface area contributed by atoms with E-state index in [0.717, 1.165) is 0 Å². The fourth-order valence-corrected chi connectivity index (χ4v) is 0.840. The minimum absolute atomic E-state index is 0.355. The molecule has 0 aliphatic heterocycles. The Labute approximate surface area is 70.7 Å². The van der Waals surface area contributed by atoms with Crippen molar-refractivity contribution in [2.75, 3.05) is 6.61 Å². The number of rotatable bonds is 6. The summed E-state index contributed by atoms with van der Waals surface area (Å²) in [6.45, 7) is 3.78. The van der Waals surface area contributed by atoms with E-state index < -0.39 is 18.1 Å². The van der Waals surface area contributed by atoms with Gasteiger partial charge in [-0.2, -0.15) is 0 Å². The van der Waals surface area contributed by atoms with Gasteiger partial charge in [0.05, 0.1) is 6.10 Å². The molecule has 0 rings (SSSR count). The van der Waals surface area contributed by atoms with E-state index in [1.807, 2.05) is 0 Å². The first kappa shape index (κ1) is 10.9. The van der Waals surface area contributed by atoms with Crippen LogP contribution in [0.1, 0.15) is 13.8 Å². The van der Waals surface area contributed by atoms with Gasteiger partial charge in [0.1, 0.15) is 0 Å². The van der Waals surface area contributed by atoms with Gasteiger partial charge >= 0.3 is 5.97 Å². The second-order valence-electron chi connectivity index (χ2n) is 2.26. The topological polar surface area (TPSA) is 75.6 Å². The van der Waals surface area contributed by atoms with Crippen LogP contribution >= 0.6 is 0 Å². The van der Waals surface area contributed by atoms with Crippen LogP contribution in [0.15, 0.2) is 0 Å². The lowest BCUT2D eigenvalue weighted by Crippen LogP contribution is -2.45. The van der Waals surface area contributed by atoms with Gasteiger partial charge in [-0.1, -0.05) is 0 Å². The van der Waals surface area contributed by atoms with E-state index in [9.17, 15) is 9.59 Å². The van der Waals surface area contributed by atoms with Gasteiger partial charge in [0.15, 0.2) is 6.04 Å². The average molecular weight is 175 g/mol. The maximum Gasteiger partial charge on any atom is 0.328 e. The third-order valence-electron chi connectivity index (χ3n) is 1.41. The van der Waals surface area contributed by atoms with Gasteiger partial charge in [-0.25, -0.2) is 4.79 Å². The van der Waals surface area contributed by atoms with Gasteiger partial charge < -0.3 is 15.2 Å². The number of carbonyl (C=O) groups is 2. The first-order chi connectivity index (χ1) is 5.63. The molecule has 5 nitrogen and oxygen atoms in total. The normalized spacial score (nSPS) is 14.8. The van der Waals surface area contributed by atoms with Crippen LogP contribution in [0, 0.1) is 0 Å². The molecule has 5 heteroatoms. The molecule has 2 atom stereocenters. The van der Waals surface area contributed by atoms with Crippen molar-refractivity contribution in [2.45, 2.75) is 26.0 Å². The van der Waals surface area contributed by atoms with E-state index in [2.05, 4.69) is 5.32 Å². The Balaban J connectivity index is 4.08. The second kappa shape index (κ2) is 5.54. The number of carboxylic acid groups (broad SMARTS) is 1. The molecular weight excluding hydrogens is 162 g/mol. The van der Waals surface area contributed by atoms with Crippen LogP contribution in [0.5, 0.6) is 0 Å². The summed E-state index contributed by atoms with van der Waals surface area (Å²) in [6.07, 6.45) is -0.161. The third kappa shape index (κ3) is 3.34. The van der Waals surface area contributed by atoms with Crippen LogP contribution in [0.4, 0.5) is 0 Å². The lowest BCUT2D eigenvalue weighted by atomic mass is 10.2. The number of hydrogen-bond donors (Lipinski definition) is 2. The van der Waals surface area contributed by atoms with E-state index in [0.29, 0.717) is 13.0 Å². The SMILES string of the molecule is CCOC(C)C(NC=O)C(=O)O. The van der Waals surface area contributed by atoms with Crippen LogP contribution in [0.2, 0.25) is 0 Å². The molecule has 0 saturated carbocycles. The zero-order valence-corrected chi connectivity index (χ0v) is 7.11. The second-order valence-corrected chi connectivity index (χ2v) is 2.26. The molecular formula is C7H13NO4. The standard InChI is InChI=1S/C7H13NO4/c1-3-12-5(2)6(7(10)11)8-4-9/h4-6H,3H2,1-2H3,(H,8,9)(H,10,11). The Bertz CT molecular complexity index is 159. The molecule has 0 aliphatic rings. The predicted molar refractivity (Wildman–Crippen MR) is 41.7 cm³/mol. The first-order valence-electron chi connectivity index (χ1n) is 3.67. The van der Waals surface area contributed by atoms with E-state index in [-0.39, 0.29) is 0 Å². The zero-order chi connectivity index (χ0) is 9.56. The summed E-state index contributed by atoms with van der Waals surface area (Å²) >= 11 is 0. The first-order valence-corrected chi connectivity index (χ1v) is 3.67. The van der Waals surface area contributed by atoms with E-state index >= 15 is 0 Å². The molecule has 0 aromatic heterocycles. The molecule has 0 fully saturated rings. The molecule has 70 valence electrons. The summed E-state index contributed by atoms with van der Waals surface area (Å²) in [5.41, 5.74) is 0. The summed E-state index contributed by atoms with van der Waals surface area (Å²) in [7, 11) is 0. The van der Waals surface area contributed by atoms with Crippen molar-refractivity contribution in [3.05, 3.63) is 0 Å². The van der Waals surface area contributed by atoms with Gasteiger partial charge in [0.25, 0.3) is 0 Å².